The molecule has 3 aromatic heterocycles. The number of nitrogen functional groups attached to an aromatic ring is 2. The number of nitrogens with two attached hydrogens (primary N) is 2. The molecule has 0 unspecified atom stereocenters. The van der Waals surface area contributed by atoms with Gasteiger partial charge in [-0.2, -0.15) is 10.2 Å². The van der Waals surface area contributed by atoms with Crippen molar-refractivity contribution < 1.29 is 13.6 Å². The van der Waals surface area contributed by atoms with E-state index in [1.807, 2.05) is 19.9 Å². The number of carbonyl (C=O) groups excluding carboxylic acids is 1. The van der Waals surface area contributed by atoms with Crippen LogP contribution in [-0.4, -0.2) is 41.3 Å². The van der Waals surface area contributed by atoms with Crippen molar-refractivity contribution >= 4 is 23.4 Å². The molecule has 13 heteroatoms. The molecule has 1 aliphatic rings. The Labute approximate surface area is 252 Å². The van der Waals surface area contributed by atoms with Crippen molar-refractivity contribution in [2.24, 2.45) is 5.73 Å². The van der Waals surface area contributed by atoms with Crippen LogP contribution in [0.1, 0.15) is 47.6 Å². The lowest BCUT2D eigenvalue weighted by molar-refractivity contribution is -0.119. The molecule has 2 aromatic carbocycles. The van der Waals surface area contributed by atoms with Gasteiger partial charge in [-0.3, -0.25) is 19.6 Å². The van der Waals surface area contributed by atoms with Crippen molar-refractivity contribution in [3.63, 3.8) is 0 Å². The second-order valence-electron chi connectivity index (χ2n) is 11.0. The average Bonchev–Trinajstić information content (AvgIpc) is 3.59. The highest BCUT2D eigenvalue weighted by Gasteiger charge is 2.42. The maximum atomic E-state index is 13.9. The molecule has 6 N–H and O–H groups in total. The maximum Gasteiger partial charge on any atom is 0.235 e. The number of nitrogens with one attached hydrogen (secondary N) is 2. The third-order valence-electron chi connectivity index (χ3n) is 7.38. The van der Waals surface area contributed by atoms with Gasteiger partial charge < -0.3 is 16.8 Å². The van der Waals surface area contributed by atoms with E-state index in [-0.39, 0.29) is 29.2 Å². The van der Waals surface area contributed by atoms with Crippen LogP contribution in [0.25, 0.3) is 11.5 Å². The Bertz CT molecular complexity index is 1890. The summed E-state index contributed by atoms with van der Waals surface area (Å²) in [5, 5.41) is 18.7. The van der Waals surface area contributed by atoms with Crippen LogP contribution in [-0.2, 0) is 23.3 Å². The zero-order valence-electron chi connectivity index (χ0n) is 24.7. The summed E-state index contributed by atoms with van der Waals surface area (Å²) in [5.41, 5.74) is 15.0. The Balaban J connectivity index is 0.000000195. The monoisotopic (exact) mass is 598 g/mol. The van der Waals surface area contributed by atoms with E-state index < -0.39 is 5.41 Å². The van der Waals surface area contributed by atoms with Crippen LogP contribution in [0, 0.1) is 30.9 Å². The van der Waals surface area contributed by atoms with Crippen LogP contribution in [0.4, 0.5) is 20.4 Å². The summed E-state index contributed by atoms with van der Waals surface area (Å²) in [7, 11) is 0. The first-order valence-corrected chi connectivity index (χ1v) is 13.7. The molecule has 4 heterocycles. The highest BCUT2D eigenvalue weighted by Crippen LogP contribution is 2.40. The Hall–Kier alpha value is -5.46. The zero-order chi connectivity index (χ0) is 31.8. The van der Waals surface area contributed by atoms with Crippen molar-refractivity contribution in [2.45, 2.75) is 46.2 Å². The topological polar surface area (TPSA) is 166 Å². The molecular weight excluding hydrogens is 566 g/mol. The first-order chi connectivity index (χ1) is 20.8. The van der Waals surface area contributed by atoms with Gasteiger partial charge in [0.05, 0.1) is 24.1 Å². The first kappa shape index (κ1) is 30.0. The molecule has 0 fully saturated rings. The predicted molar refractivity (Wildman–Crippen MR) is 163 cm³/mol. The third-order valence-corrected chi connectivity index (χ3v) is 7.38. The fourth-order valence-corrected chi connectivity index (χ4v) is 4.83. The summed E-state index contributed by atoms with van der Waals surface area (Å²) < 4.78 is 30.7. The van der Waals surface area contributed by atoms with Crippen molar-refractivity contribution in [1.82, 2.24) is 29.5 Å². The van der Waals surface area contributed by atoms with Gasteiger partial charge in [0.15, 0.2) is 5.82 Å². The summed E-state index contributed by atoms with van der Waals surface area (Å²) in [5.74, 6) is 0.189. The number of carbonyl (C=O) groups is 1. The molecule has 6 rings (SSSR count). The lowest BCUT2D eigenvalue weighted by atomic mass is 9.87. The summed E-state index contributed by atoms with van der Waals surface area (Å²) in [6, 6.07) is 16.7. The number of benzene rings is 2. The van der Waals surface area contributed by atoms with E-state index in [4.69, 9.17) is 16.9 Å². The normalized spacial score (nSPS) is 13.2. The fraction of sp³-hybridized carbons (Fsp3) is 0.226. The minimum atomic E-state index is -0.780. The van der Waals surface area contributed by atoms with E-state index in [1.54, 1.807) is 65.7 Å². The molecule has 0 saturated heterocycles. The van der Waals surface area contributed by atoms with Gasteiger partial charge in [0.1, 0.15) is 40.5 Å². The molecule has 5 aromatic rings. The Morgan fingerprint density at radius 1 is 0.909 bits per heavy atom. The summed E-state index contributed by atoms with van der Waals surface area (Å²) in [4.78, 5) is 20.9. The standard InChI is InChI=1S/C19H19FN6O.C12H13FN4/c1-10-8-13(25-26(10)9-11-6-4-5-7-12(11)20)16-22-15(21)14-17(23-16)24-18(27)19(14,2)3;1-8-6-11(12(14)15)16-17(8)7-9-4-2-3-5-10(9)13/h4-8H,9H2,1-3H3,(H3,21,22,23,24,27);2-6H,7H2,1H3,(H3,14,15). The van der Waals surface area contributed by atoms with E-state index in [0.29, 0.717) is 52.8 Å². The van der Waals surface area contributed by atoms with E-state index in [9.17, 15) is 13.6 Å². The molecule has 1 amide bonds. The van der Waals surface area contributed by atoms with Crippen molar-refractivity contribution in [3.8, 4) is 11.5 Å². The molecule has 0 spiro atoms. The van der Waals surface area contributed by atoms with Gasteiger partial charge in [-0.05, 0) is 52.0 Å². The molecule has 0 atom stereocenters. The quantitative estimate of drug-likeness (QED) is 0.167. The zero-order valence-corrected chi connectivity index (χ0v) is 24.7. The number of amides is 1. The summed E-state index contributed by atoms with van der Waals surface area (Å²) in [6.45, 7) is 7.91. The summed E-state index contributed by atoms with van der Waals surface area (Å²) >= 11 is 0. The maximum absolute atomic E-state index is 13.9. The van der Waals surface area contributed by atoms with Crippen LogP contribution in [0.3, 0.4) is 0 Å². The number of halogens is 2. The largest absolute Gasteiger partial charge is 0.383 e. The number of nitrogens with zero attached hydrogens (tertiary/aromatic N) is 6. The Morgan fingerprint density at radius 3 is 2.00 bits per heavy atom. The minimum absolute atomic E-state index is 0.0830. The molecule has 0 saturated carbocycles. The smallest absolute Gasteiger partial charge is 0.235 e. The van der Waals surface area contributed by atoms with E-state index in [0.717, 1.165) is 11.4 Å². The van der Waals surface area contributed by atoms with Gasteiger partial charge in [-0.1, -0.05) is 36.4 Å². The van der Waals surface area contributed by atoms with E-state index in [2.05, 4.69) is 25.5 Å². The molecule has 0 bridgehead atoms. The van der Waals surface area contributed by atoms with Crippen LogP contribution in [0.2, 0.25) is 0 Å². The Morgan fingerprint density at radius 2 is 1.45 bits per heavy atom. The van der Waals surface area contributed by atoms with Crippen LogP contribution in [0.15, 0.2) is 60.7 Å². The molecule has 0 aliphatic carbocycles. The highest BCUT2D eigenvalue weighted by atomic mass is 19.1. The van der Waals surface area contributed by atoms with Gasteiger partial charge in [0.25, 0.3) is 0 Å². The number of aromatic nitrogens is 6. The number of hydrogen-bond acceptors (Lipinski definition) is 7. The number of amidine groups is 1. The summed E-state index contributed by atoms with van der Waals surface area (Å²) in [6.07, 6.45) is 0. The van der Waals surface area contributed by atoms with Gasteiger partial charge in [0, 0.05) is 22.5 Å². The van der Waals surface area contributed by atoms with Crippen LogP contribution < -0.4 is 16.8 Å². The van der Waals surface area contributed by atoms with Gasteiger partial charge in [-0.15, -0.1) is 0 Å². The first-order valence-electron chi connectivity index (χ1n) is 13.7. The highest BCUT2D eigenvalue weighted by molar-refractivity contribution is 6.06. The third kappa shape index (κ3) is 5.89. The van der Waals surface area contributed by atoms with Crippen LogP contribution in [0.5, 0.6) is 0 Å². The SMILES string of the molecule is Cc1cc(-c2nc(N)c3c(n2)NC(=O)C3(C)C)nn1Cc1ccccc1F.Cc1cc(C(=N)N)nn1Cc1ccccc1F. The Kier molecular flexibility index (Phi) is 7.96. The number of rotatable bonds is 6. The molecule has 1 aliphatic heterocycles. The van der Waals surface area contributed by atoms with Gasteiger partial charge >= 0.3 is 0 Å². The van der Waals surface area contributed by atoms with E-state index >= 15 is 0 Å². The minimum Gasteiger partial charge on any atom is -0.383 e. The molecular formula is C31H32F2N10O. The number of hydrogen-bond donors (Lipinski definition) is 4. The van der Waals surface area contributed by atoms with Crippen LogP contribution >= 0.6 is 0 Å². The molecule has 0 radical (unpaired) electrons. The fourth-order valence-electron chi connectivity index (χ4n) is 4.83. The van der Waals surface area contributed by atoms with E-state index in [1.165, 1.54) is 12.1 Å². The molecule has 11 nitrogen and oxygen atoms in total. The second kappa shape index (κ2) is 11.7. The van der Waals surface area contributed by atoms with Crippen molar-refractivity contribution in [2.75, 3.05) is 11.1 Å². The molecule has 44 heavy (non-hydrogen) atoms. The lowest BCUT2D eigenvalue weighted by Crippen LogP contribution is -2.27. The average molecular weight is 599 g/mol. The lowest BCUT2D eigenvalue weighted by Gasteiger charge is -2.15. The molecule has 226 valence electrons. The number of anilines is 2. The van der Waals surface area contributed by atoms with Crippen molar-refractivity contribution in [3.05, 3.63) is 106 Å². The predicted octanol–water partition coefficient (Wildman–Crippen LogP) is 4.31. The van der Waals surface area contributed by atoms with Gasteiger partial charge in [0.2, 0.25) is 5.91 Å². The number of aryl methyl sites for hydroxylation is 2. The van der Waals surface area contributed by atoms with Gasteiger partial charge in [-0.25, -0.2) is 18.7 Å². The second-order valence-corrected chi connectivity index (χ2v) is 11.0. The van der Waals surface area contributed by atoms with Crippen molar-refractivity contribution in [1.29, 1.82) is 5.41 Å². The number of fused-ring (bicyclic) bond motifs is 1.